The summed E-state index contributed by atoms with van der Waals surface area (Å²) >= 11 is 5.39. The number of H-pyrrole nitrogens is 1. The molecule has 0 unspecified atom stereocenters. The van der Waals surface area contributed by atoms with E-state index in [9.17, 15) is 0 Å². The lowest BCUT2D eigenvalue weighted by molar-refractivity contribution is 0.852. The van der Waals surface area contributed by atoms with Gasteiger partial charge >= 0.3 is 0 Å². The summed E-state index contributed by atoms with van der Waals surface area (Å²) in [6.45, 7) is 2.14. The number of nitrogens with zero attached hydrogens (tertiary/aromatic N) is 3. The quantitative estimate of drug-likeness (QED) is 0.742. The molecule has 1 N–H and O–H groups in total. The van der Waals surface area contributed by atoms with Gasteiger partial charge in [-0.25, -0.2) is 9.50 Å². The predicted molar refractivity (Wildman–Crippen MR) is 77.6 cm³/mol. The van der Waals surface area contributed by atoms with Gasteiger partial charge in [0.05, 0.1) is 11.4 Å². The van der Waals surface area contributed by atoms with Gasteiger partial charge in [-0.2, -0.15) is 0 Å². The molecule has 0 bridgehead atoms. The number of pyridine rings is 1. The van der Waals surface area contributed by atoms with Crippen LogP contribution in [0, 0.1) is 4.64 Å². The highest BCUT2D eigenvalue weighted by Gasteiger charge is 2.06. The molecule has 3 aromatic heterocycles. The van der Waals surface area contributed by atoms with Crippen molar-refractivity contribution < 1.29 is 0 Å². The van der Waals surface area contributed by atoms with Crippen molar-refractivity contribution in [2.45, 2.75) is 19.8 Å². The number of rotatable bonds is 3. The van der Waals surface area contributed by atoms with Crippen molar-refractivity contribution >= 4 is 17.9 Å². The third-order valence-corrected chi connectivity index (χ3v) is 3.25. The zero-order chi connectivity index (χ0) is 13.2. The average Bonchev–Trinajstić information content (AvgIpc) is 2.85. The molecular formula is C14H14N4S. The number of fused-ring (bicyclic) bond motifs is 1. The lowest BCUT2D eigenvalue weighted by atomic mass is 10.2. The van der Waals surface area contributed by atoms with Crippen LogP contribution in [-0.4, -0.2) is 19.6 Å². The van der Waals surface area contributed by atoms with E-state index in [-0.39, 0.29) is 0 Å². The summed E-state index contributed by atoms with van der Waals surface area (Å²) in [7, 11) is 0. The molecule has 0 saturated carbocycles. The van der Waals surface area contributed by atoms with E-state index in [1.54, 1.807) is 6.20 Å². The molecule has 0 spiro atoms. The van der Waals surface area contributed by atoms with Gasteiger partial charge < -0.3 is 0 Å². The molecule has 0 atom stereocenters. The summed E-state index contributed by atoms with van der Waals surface area (Å²) in [5.74, 6) is 0. The molecular weight excluding hydrogens is 256 g/mol. The van der Waals surface area contributed by atoms with E-state index < -0.39 is 0 Å². The standard InChI is InChI=1S/C14H14N4S/c1-2-5-10-8-14(19)18-13(16-10)9-12(17-18)11-6-3-4-7-15-11/h3-4,6-9,17H,2,5H2,1H3. The van der Waals surface area contributed by atoms with E-state index in [0.29, 0.717) is 0 Å². The average molecular weight is 270 g/mol. The van der Waals surface area contributed by atoms with Crippen LogP contribution in [0.3, 0.4) is 0 Å². The molecule has 3 aromatic rings. The van der Waals surface area contributed by atoms with E-state index in [1.165, 1.54) is 0 Å². The second-order valence-corrected chi connectivity index (χ2v) is 4.83. The topological polar surface area (TPSA) is 46.0 Å². The molecule has 0 aliphatic carbocycles. The lowest BCUT2D eigenvalue weighted by Crippen LogP contribution is -1.96. The molecule has 0 aliphatic rings. The monoisotopic (exact) mass is 270 g/mol. The SMILES string of the molecule is CCCc1cc(=S)n2[nH]c(-c3ccccn3)cc2n1. The summed E-state index contributed by atoms with van der Waals surface area (Å²) < 4.78 is 2.56. The zero-order valence-corrected chi connectivity index (χ0v) is 11.4. The second kappa shape index (κ2) is 4.93. The van der Waals surface area contributed by atoms with Gasteiger partial charge in [-0.05, 0) is 24.6 Å². The fourth-order valence-electron chi connectivity index (χ4n) is 2.08. The van der Waals surface area contributed by atoms with Gasteiger partial charge in [0, 0.05) is 18.0 Å². The maximum Gasteiger partial charge on any atom is 0.155 e. The maximum absolute atomic E-state index is 5.39. The zero-order valence-electron chi connectivity index (χ0n) is 10.6. The third-order valence-electron chi connectivity index (χ3n) is 2.95. The Balaban J connectivity index is 2.16. The van der Waals surface area contributed by atoms with Crippen LogP contribution in [0.15, 0.2) is 36.5 Å². The Hall–Kier alpha value is -2.01. The Labute approximate surface area is 116 Å². The molecule has 0 aliphatic heterocycles. The minimum absolute atomic E-state index is 0.746. The van der Waals surface area contributed by atoms with Crippen LogP contribution in [-0.2, 0) is 6.42 Å². The first-order valence-electron chi connectivity index (χ1n) is 6.31. The maximum atomic E-state index is 5.39. The van der Waals surface area contributed by atoms with Crippen LogP contribution < -0.4 is 0 Å². The molecule has 3 heterocycles. The first-order valence-corrected chi connectivity index (χ1v) is 6.72. The van der Waals surface area contributed by atoms with Crippen molar-refractivity contribution in [3.05, 3.63) is 46.9 Å². The molecule has 0 amide bonds. The van der Waals surface area contributed by atoms with Crippen LogP contribution >= 0.6 is 12.2 Å². The van der Waals surface area contributed by atoms with E-state index in [2.05, 4.69) is 22.0 Å². The van der Waals surface area contributed by atoms with Crippen LogP contribution in [0.1, 0.15) is 19.0 Å². The number of aryl methyl sites for hydroxylation is 1. The van der Waals surface area contributed by atoms with E-state index in [4.69, 9.17) is 12.2 Å². The van der Waals surface area contributed by atoms with Gasteiger partial charge in [-0.3, -0.25) is 10.1 Å². The van der Waals surface area contributed by atoms with Crippen LogP contribution in [0.25, 0.3) is 17.0 Å². The van der Waals surface area contributed by atoms with Crippen molar-refractivity contribution in [3.8, 4) is 11.4 Å². The van der Waals surface area contributed by atoms with Crippen molar-refractivity contribution in [2.75, 3.05) is 0 Å². The normalized spacial score (nSPS) is 11.0. The van der Waals surface area contributed by atoms with Crippen molar-refractivity contribution in [1.82, 2.24) is 19.6 Å². The molecule has 0 radical (unpaired) electrons. The highest BCUT2D eigenvalue weighted by molar-refractivity contribution is 7.71. The number of nitrogens with one attached hydrogen (secondary N) is 1. The number of aromatic amines is 1. The molecule has 19 heavy (non-hydrogen) atoms. The minimum atomic E-state index is 0.746. The molecule has 4 nitrogen and oxygen atoms in total. The summed E-state index contributed by atoms with van der Waals surface area (Å²) in [5, 5.41) is 3.24. The fourth-order valence-corrected chi connectivity index (χ4v) is 2.35. The number of aromatic nitrogens is 4. The molecule has 0 saturated heterocycles. The summed E-state index contributed by atoms with van der Waals surface area (Å²) in [6, 6.07) is 9.75. The summed E-state index contributed by atoms with van der Waals surface area (Å²) in [6.07, 6.45) is 3.79. The van der Waals surface area contributed by atoms with E-state index in [0.717, 1.165) is 40.2 Å². The summed E-state index contributed by atoms with van der Waals surface area (Å²) in [5.41, 5.74) is 3.70. The van der Waals surface area contributed by atoms with E-state index in [1.807, 2.05) is 34.8 Å². The highest BCUT2D eigenvalue weighted by atomic mass is 32.1. The van der Waals surface area contributed by atoms with E-state index >= 15 is 0 Å². The molecule has 96 valence electrons. The van der Waals surface area contributed by atoms with Crippen LogP contribution in [0.2, 0.25) is 0 Å². The van der Waals surface area contributed by atoms with Crippen molar-refractivity contribution in [1.29, 1.82) is 0 Å². The Kier molecular flexibility index (Phi) is 3.13. The smallest absolute Gasteiger partial charge is 0.155 e. The van der Waals surface area contributed by atoms with Crippen molar-refractivity contribution in [3.63, 3.8) is 0 Å². The van der Waals surface area contributed by atoms with Gasteiger partial charge in [0.25, 0.3) is 0 Å². The van der Waals surface area contributed by atoms with Crippen LogP contribution in [0.5, 0.6) is 0 Å². The first kappa shape index (κ1) is 12.0. The predicted octanol–water partition coefficient (Wildman–Crippen LogP) is 3.41. The molecule has 0 fully saturated rings. The lowest BCUT2D eigenvalue weighted by Gasteiger charge is -1.99. The Morgan fingerprint density at radius 1 is 1.32 bits per heavy atom. The molecule has 5 heteroatoms. The number of hydrogen-bond acceptors (Lipinski definition) is 3. The molecule has 3 rings (SSSR count). The highest BCUT2D eigenvalue weighted by Crippen LogP contribution is 2.17. The number of hydrogen-bond donors (Lipinski definition) is 1. The minimum Gasteiger partial charge on any atom is -0.289 e. The van der Waals surface area contributed by atoms with Gasteiger partial charge in [0.1, 0.15) is 4.64 Å². The van der Waals surface area contributed by atoms with Crippen molar-refractivity contribution in [2.24, 2.45) is 0 Å². The largest absolute Gasteiger partial charge is 0.289 e. The summed E-state index contributed by atoms with van der Waals surface area (Å²) in [4.78, 5) is 8.94. The van der Waals surface area contributed by atoms with Gasteiger partial charge in [-0.1, -0.05) is 31.6 Å². The third kappa shape index (κ3) is 2.29. The second-order valence-electron chi connectivity index (χ2n) is 4.41. The van der Waals surface area contributed by atoms with Crippen LogP contribution in [0.4, 0.5) is 0 Å². The molecule has 0 aromatic carbocycles. The van der Waals surface area contributed by atoms with Gasteiger partial charge in [0.15, 0.2) is 5.65 Å². The van der Waals surface area contributed by atoms with Gasteiger partial charge in [-0.15, -0.1) is 0 Å². The Bertz CT molecular complexity index is 758. The van der Waals surface area contributed by atoms with Gasteiger partial charge in [0.2, 0.25) is 0 Å². The first-order chi connectivity index (χ1) is 9.28. The fraction of sp³-hybridized carbons (Fsp3) is 0.214. The Morgan fingerprint density at radius 3 is 2.95 bits per heavy atom. The Morgan fingerprint density at radius 2 is 2.21 bits per heavy atom.